The number of quaternary nitrogens is 1. The second-order valence-corrected chi connectivity index (χ2v) is 9.01. The van der Waals surface area contributed by atoms with Crippen molar-refractivity contribution in [1.29, 1.82) is 0 Å². The van der Waals surface area contributed by atoms with E-state index in [9.17, 15) is 4.79 Å². The Labute approximate surface area is 217 Å². The van der Waals surface area contributed by atoms with Crippen LogP contribution in [0, 0.1) is 0 Å². The van der Waals surface area contributed by atoms with Crippen LogP contribution in [0.2, 0.25) is 0 Å². The van der Waals surface area contributed by atoms with Crippen molar-refractivity contribution in [3.8, 4) is 5.75 Å². The minimum atomic E-state index is -0.461. The highest BCUT2D eigenvalue weighted by Crippen LogP contribution is 2.20. The van der Waals surface area contributed by atoms with Crippen LogP contribution in [0.3, 0.4) is 0 Å². The largest absolute Gasteiger partial charge is 0.465 e. The maximum absolute atomic E-state index is 12.0. The van der Waals surface area contributed by atoms with Gasteiger partial charge in [0.1, 0.15) is 18.1 Å². The number of benzene rings is 3. The Morgan fingerprint density at radius 2 is 1.68 bits per heavy atom. The number of hydrogen-bond donors (Lipinski definition) is 1. The van der Waals surface area contributed by atoms with E-state index in [0.29, 0.717) is 11.5 Å². The third-order valence-corrected chi connectivity index (χ3v) is 6.37. The quantitative estimate of drug-likeness (QED) is 0.170. The van der Waals surface area contributed by atoms with Crippen LogP contribution in [0.15, 0.2) is 113 Å². The molecule has 37 heavy (non-hydrogen) atoms. The summed E-state index contributed by atoms with van der Waals surface area (Å²) in [4.78, 5) is 20.6. The van der Waals surface area contributed by atoms with E-state index in [-0.39, 0.29) is 0 Å². The van der Waals surface area contributed by atoms with Gasteiger partial charge in [0.05, 0.1) is 38.1 Å². The van der Waals surface area contributed by atoms with Crippen LogP contribution >= 0.6 is 0 Å². The average molecular weight is 493 g/mol. The van der Waals surface area contributed by atoms with Crippen LogP contribution in [0.4, 0.5) is 11.4 Å². The zero-order valence-electron chi connectivity index (χ0n) is 20.6. The molecule has 1 fully saturated rings. The average Bonchev–Trinajstić information content (AvgIpc) is 3.47. The number of rotatable bonds is 8. The molecule has 0 radical (unpaired) electrons. The monoisotopic (exact) mass is 492 g/mol. The van der Waals surface area contributed by atoms with Crippen molar-refractivity contribution in [2.75, 3.05) is 31.1 Å². The van der Waals surface area contributed by atoms with E-state index in [1.807, 2.05) is 18.3 Å². The fourth-order valence-electron chi connectivity index (χ4n) is 4.35. The van der Waals surface area contributed by atoms with Crippen LogP contribution in [-0.2, 0) is 11.3 Å². The molecule has 0 unspecified atom stereocenters. The number of ether oxygens (including phenoxy) is 1. The van der Waals surface area contributed by atoms with E-state index in [1.54, 1.807) is 41.5 Å². The van der Waals surface area contributed by atoms with Crippen molar-refractivity contribution in [2.24, 2.45) is 4.99 Å². The number of hydrogen-bond acceptors (Lipinski definition) is 5. The van der Waals surface area contributed by atoms with Gasteiger partial charge in [-0.2, -0.15) is 0 Å². The Hall–Kier alpha value is -4.42. The minimum Gasteiger partial charge on any atom is -0.465 e. The highest BCUT2D eigenvalue weighted by atomic mass is 16.5. The molecular weight excluding hydrogens is 462 g/mol. The molecule has 0 aliphatic carbocycles. The van der Waals surface area contributed by atoms with Gasteiger partial charge in [-0.1, -0.05) is 30.3 Å². The molecular formula is C31H30N3O3+. The molecule has 6 nitrogen and oxygen atoms in total. The topological polar surface area (TPSA) is 59.5 Å². The van der Waals surface area contributed by atoms with Gasteiger partial charge in [0.15, 0.2) is 0 Å². The first kappa shape index (κ1) is 24.3. The van der Waals surface area contributed by atoms with Gasteiger partial charge in [-0.25, -0.2) is 4.79 Å². The van der Waals surface area contributed by atoms with Crippen molar-refractivity contribution < 1.29 is 18.8 Å². The van der Waals surface area contributed by atoms with E-state index < -0.39 is 5.97 Å². The molecule has 1 aromatic heterocycles. The highest BCUT2D eigenvalue weighted by Gasteiger charge is 2.20. The molecule has 0 spiro atoms. The number of esters is 1. The fourth-order valence-corrected chi connectivity index (χ4v) is 4.35. The zero-order valence-corrected chi connectivity index (χ0v) is 20.6. The summed E-state index contributed by atoms with van der Waals surface area (Å²) in [7, 11) is 0. The van der Waals surface area contributed by atoms with Crippen LogP contribution in [0.25, 0.3) is 6.08 Å². The molecule has 4 aromatic rings. The second kappa shape index (κ2) is 12.0. The van der Waals surface area contributed by atoms with Crippen LogP contribution < -0.4 is 14.5 Å². The van der Waals surface area contributed by atoms with E-state index in [1.165, 1.54) is 17.3 Å². The lowest BCUT2D eigenvalue weighted by molar-refractivity contribution is -0.914. The summed E-state index contributed by atoms with van der Waals surface area (Å²) in [5.74, 6) is 0.608. The van der Waals surface area contributed by atoms with Gasteiger partial charge < -0.3 is 19.0 Å². The van der Waals surface area contributed by atoms with Gasteiger partial charge in [-0.15, -0.1) is 0 Å². The molecule has 1 aliphatic rings. The Morgan fingerprint density at radius 3 is 2.38 bits per heavy atom. The van der Waals surface area contributed by atoms with Crippen molar-refractivity contribution in [3.63, 3.8) is 0 Å². The summed E-state index contributed by atoms with van der Waals surface area (Å²) in [6.07, 6.45) is 6.27. The normalized spacial score (nSPS) is 14.4. The first-order valence-electron chi connectivity index (χ1n) is 12.5. The summed E-state index contributed by atoms with van der Waals surface area (Å²) in [5.41, 5.74) is 4.47. The van der Waals surface area contributed by atoms with Crippen molar-refractivity contribution in [1.82, 2.24) is 0 Å². The number of nitrogens with one attached hydrogen (secondary N) is 1. The van der Waals surface area contributed by atoms with Gasteiger partial charge in [-0.05, 0) is 72.3 Å². The number of furan rings is 1. The number of nitrogens with zero attached hydrogens (tertiary/aromatic N) is 2. The standard InChI is InChI=1S/C31H29N3O3/c35-31(17-16-29-7-4-22-36-29)37-30-14-8-25(9-15-30)23-32-27-10-12-28(13-11-27)34-20-18-33(19-21-34)24-26-5-2-1-3-6-26/h1-17,22-23H,18-21,24H2/p+1/b17-16+,32-23?. The van der Waals surface area contributed by atoms with E-state index in [0.717, 1.165) is 44.0 Å². The first-order valence-corrected chi connectivity index (χ1v) is 12.5. The number of carbonyl (C=O) groups excluding carboxylic acids is 1. The van der Waals surface area contributed by atoms with Crippen LogP contribution in [-0.4, -0.2) is 38.4 Å². The van der Waals surface area contributed by atoms with Crippen molar-refractivity contribution >= 4 is 29.6 Å². The van der Waals surface area contributed by atoms with E-state index in [2.05, 4.69) is 64.5 Å². The predicted molar refractivity (Wildman–Crippen MR) is 147 cm³/mol. The molecule has 0 amide bonds. The molecule has 1 N–H and O–H groups in total. The van der Waals surface area contributed by atoms with E-state index >= 15 is 0 Å². The summed E-state index contributed by atoms with van der Waals surface area (Å²) < 4.78 is 10.5. The van der Waals surface area contributed by atoms with Crippen LogP contribution in [0.5, 0.6) is 5.75 Å². The van der Waals surface area contributed by atoms with Gasteiger partial charge >= 0.3 is 5.97 Å². The molecule has 1 aliphatic heterocycles. The van der Waals surface area contributed by atoms with Crippen molar-refractivity contribution in [3.05, 3.63) is 120 Å². The molecule has 0 atom stereocenters. The molecule has 6 heteroatoms. The Kier molecular flexibility index (Phi) is 7.88. The Bertz CT molecular complexity index is 1320. The summed E-state index contributed by atoms with van der Waals surface area (Å²) in [6.45, 7) is 5.48. The Balaban J connectivity index is 1.09. The summed E-state index contributed by atoms with van der Waals surface area (Å²) in [5, 5.41) is 0. The molecule has 0 saturated carbocycles. The second-order valence-electron chi connectivity index (χ2n) is 9.01. The van der Waals surface area contributed by atoms with Gasteiger partial charge in [0, 0.05) is 23.5 Å². The molecule has 186 valence electrons. The third kappa shape index (κ3) is 7.06. The lowest BCUT2D eigenvalue weighted by atomic mass is 10.2. The number of piperazine rings is 1. The highest BCUT2D eigenvalue weighted by molar-refractivity contribution is 5.88. The molecule has 2 heterocycles. The zero-order chi connectivity index (χ0) is 25.3. The molecule has 0 bridgehead atoms. The number of anilines is 1. The maximum atomic E-state index is 12.0. The Morgan fingerprint density at radius 1 is 0.919 bits per heavy atom. The number of carbonyl (C=O) groups is 1. The fraction of sp³-hybridized carbons (Fsp3) is 0.161. The molecule has 5 rings (SSSR count). The van der Waals surface area contributed by atoms with Crippen LogP contribution in [0.1, 0.15) is 16.9 Å². The van der Waals surface area contributed by atoms with Gasteiger partial charge in [-0.3, -0.25) is 4.99 Å². The third-order valence-electron chi connectivity index (χ3n) is 6.37. The first-order chi connectivity index (χ1) is 18.2. The lowest BCUT2D eigenvalue weighted by Gasteiger charge is -2.33. The summed E-state index contributed by atoms with van der Waals surface area (Å²) in [6, 6.07) is 29.9. The van der Waals surface area contributed by atoms with E-state index in [4.69, 9.17) is 9.15 Å². The van der Waals surface area contributed by atoms with Crippen molar-refractivity contribution in [2.45, 2.75) is 6.54 Å². The minimum absolute atomic E-state index is 0.461. The number of aliphatic imine (C=N–C) groups is 1. The smallest absolute Gasteiger partial charge is 0.336 e. The van der Waals surface area contributed by atoms with Gasteiger partial charge in [0.2, 0.25) is 0 Å². The maximum Gasteiger partial charge on any atom is 0.336 e. The summed E-state index contributed by atoms with van der Waals surface area (Å²) >= 11 is 0. The SMILES string of the molecule is O=C(/C=C/c1ccco1)Oc1ccc(C=Nc2ccc(N3CC[NH+](Cc4ccccc4)CC3)cc2)cc1. The predicted octanol–water partition coefficient (Wildman–Crippen LogP) is 4.55. The lowest BCUT2D eigenvalue weighted by Crippen LogP contribution is -3.13. The molecule has 1 saturated heterocycles. The van der Waals surface area contributed by atoms with Gasteiger partial charge in [0.25, 0.3) is 0 Å². The molecule has 3 aromatic carbocycles.